The maximum absolute atomic E-state index is 12.1. The van der Waals surface area contributed by atoms with Crippen LogP contribution in [0.5, 0.6) is 0 Å². The highest BCUT2D eigenvalue weighted by Gasteiger charge is 2.37. The zero-order chi connectivity index (χ0) is 15.4. The molecule has 7 nitrogen and oxygen atoms in total. The molecule has 21 heavy (non-hydrogen) atoms. The Hall–Kier alpha value is -1.51. The van der Waals surface area contributed by atoms with E-state index in [-0.39, 0.29) is 19.6 Å². The molecule has 8 heteroatoms. The second-order valence-corrected chi connectivity index (χ2v) is 4.98. The van der Waals surface area contributed by atoms with E-state index in [0.29, 0.717) is 12.0 Å². The maximum Gasteiger partial charge on any atom is 0.330 e. The summed E-state index contributed by atoms with van der Waals surface area (Å²) in [5, 5.41) is 9.30. The second-order valence-electron chi connectivity index (χ2n) is 4.98. The van der Waals surface area contributed by atoms with E-state index in [1.807, 2.05) is 0 Å². The van der Waals surface area contributed by atoms with Crippen LogP contribution in [0.4, 0.5) is 4.39 Å². The number of rotatable bonds is 6. The standard InChI is InChI=1S/C13H19FN2O5/c1-8-6-16(13(19)15-12(8)18)11-5-9(10(7-17)21-11)20-4-2-3-14/h6,9-11,17H,2-5,7H2,1H3,(H,15,18,19)/t9-,10-,11-/m1/s1. The number of hydrogen-bond donors (Lipinski definition) is 2. The number of ether oxygens (including phenoxy) is 2. The molecule has 0 unspecified atom stereocenters. The predicted molar refractivity (Wildman–Crippen MR) is 72.0 cm³/mol. The molecule has 0 bridgehead atoms. The zero-order valence-electron chi connectivity index (χ0n) is 11.8. The predicted octanol–water partition coefficient (Wildman–Crippen LogP) is -0.130. The second kappa shape index (κ2) is 6.97. The van der Waals surface area contributed by atoms with Crippen molar-refractivity contribution in [1.29, 1.82) is 0 Å². The summed E-state index contributed by atoms with van der Waals surface area (Å²) >= 11 is 0. The Morgan fingerprint density at radius 2 is 2.33 bits per heavy atom. The number of aliphatic hydroxyl groups excluding tert-OH is 1. The first-order chi connectivity index (χ1) is 10.1. The lowest BCUT2D eigenvalue weighted by molar-refractivity contribution is -0.0628. The molecule has 0 saturated carbocycles. The van der Waals surface area contributed by atoms with Crippen LogP contribution in [0, 0.1) is 6.92 Å². The summed E-state index contributed by atoms with van der Waals surface area (Å²) in [6.07, 6.45) is 0.435. The van der Waals surface area contributed by atoms with Crippen LogP contribution in [0.1, 0.15) is 24.6 Å². The first-order valence-electron chi connectivity index (χ1n) is 6.82. The number of hydrogen-bond acceptors (Lipinski definition) is 5. The Morgan fingerprint density at radius 1 is 1.57 bits per heavy atom. The molecule has 2 N–H and O–H groups in total. The molecule has 1 aliphatic rings. The van der Waals surface area contributed by atoms with Crippen molar-refractivity contribution in [2.45, 2.75) is 38.2 Å². The molecule has 1 saturated heterocycles. The van der Waals surface area contributed by atoms with Gasteiger partial charge in [-0.25, -0.2) is 4.79 Å². The number of aryl methyl sites for hydroxylation is 1. The van der Waals surface area contributed by atoms with Crippen LogP contribution < -0.4 is 11.2 Å². The average molecular weight is 302 g/mol. The van der Waals surface area contributed by atoms with Gasteiger partial charge in [0.15, 0.2) is 0 Å². The Morgan fingerprint density at radius 3 is 3.00 bits per heavy atom. The van der Waals surface area contributed by atoms with Crippen LogP contribution in [0.25, 0.3) is 0 Å². The van der Waals surface area contributed by atoms with Gasteiger partial charge in [-0.15, -0.1) is 0 Å². The van der Waals surface area contributed by atoms with Gasteiger partial charge in [-0.3, -0.25) is 18.7 Å². The third-order valence-electron chi connectivity index (χ3n) is 3.43. The quantitative estimate of drug-likeness (QED) is 0.714. The maximum atomic E-state index is 12.1. The van der Waals surface area contributed by atoms with E-state index in [4.69, 9.17) is 9.47 Å². The summed E-state index contributed by atoms with van der Waals surface area (Å²) in [4.78, 5) is 25.4. The monoisotopic (exact) mass is 302 g/mol. The Bertz CT molecular complexity index is 585. The molecule has 0 aliphatic carbocycles. The molecule has 0 spiro atoms. The van der Waals surface area contributed by atoms with Gasteiger partial charge in [0.25, 0.3) is 5.56 Å². The van der Waals surface area contributed by atoms with Crippen molar-refractivity contribution in [3.05, 3.63) is 32.6 Å². The number of aromatic nitrogens is 2. The van der Waals surface area contributed by atoms with Crippen LogP contribution in [-0.2, 0) is 9.47 Å². The van der Waals surface area contributed by atoms with Gasteiger partial charge in [0.05, 0.1) is 19.4 Å². The van der Waals surface area contributed by atoms with Crippen molar-refractivity contribution >= 4 is 0 Å². The minimum Gasteiger partial charge on any atom is -0.394 e. The largest absolute Gasteiger partial charge is 0.394 e. The van der Waals surface area contributed by atoms with Crippen LogP contribution in [0.15, 0.2) is 15.8 Å². The normalized spacial score (nSPS) is 25.4. The van der Waals surface area contributed by atoms with Crippen LogP contribution in [0.2, 0.25) is 0 Å². The molecule has 2 rings (SSSR count). The van der Waals surface area contributed by atoms with Gasteiger partial charge in [-0.1, -0.05) is 0 Å². The lowest BCUT2D eigenvalue weighted by Crippen LogP contribution is -2.33. The molecule has 1 aliphatic heterocycles. The first-order valence-corrected chi connectivity index (χ1v) is 6.82. The van der Waals surface area contributed by atoms with Crippen LogP contribution >= 0.6 is 0 Å². The van der Waals surface area contributed by atoms with E-state index in [2.05, 4.69) is 4.98 Å². The molecule has 2 heterocycles. The molecule has 0 amide bonds. The van der Waals surface area contributed by atoms with Crippen molar-refractivity contribution in [2.75, 3.05) is 19.9 Å². The molecule has 3 atom stereocenters. The molecular formula is C13H19FN2O5. The fourth-order valence-electron chi connectivity index (χ4n) is 2.30. The van der Waals surface area contributed by atoms with Crippen LogP contribution in [0.3, 0.4) is 0 Å². The number of aromatic amines is 1. The van der Waals surface area contributed by atoms with Gasteiger partial charge in [0.2, 0.25) is 0 Å². The van der Waals surface area contributed by atoms with E-state index in [1.54, 1.807) is 6.92 Å². The summed E-state index contributed by atoms with van der Waals surface area (Å²) in [6.45, 7) is 1.09. The summed E-state index contributed by atoms with van der Waals surface area (Å²) in [5.41, 5.74) is -0.624. The SMILES string of the molecule is Cc1cn([C@H]2C[C@@H](OCCCF)[C@@H](CO)O2)c(=O)[nH]c1=O. The van der Waals surface area contributed by atoms with Gasteiger partial charge in [0, 0.05) is 24.8 Å². The third kappa shape index (κ3) is 3.58. The zero-order valence-corrected chi connectivity index (χ0v) is 11.8. The van der Waals surface area contributed by atoms with E-state index in [1.165, 1.54) is 10.8 Å². The number of aliphatic hydroxyl groups is 1. The Balaban J connectivity index is 2.13. The molecule has 1 aromatic rings. The summed E-state index contributed by atoms with van der Waals surface area (Å²) < 4.78 is 24.4. The molecule has 0 aromatic carbocycles. The summed E-state index contributed by atoms with van der Waals surface area (Å²) in [5.74, 6) is 0. The van der Waals surface area contributed by atoms with Crippen molar-refractivity contribution in [2.24, 2.45) is 0 Å². The van der Waals surface area contributed by atoms with E-state index < -0.39 is 36.4 Å². The van der Waals surface area contributed by atoms with E-state index >= 15 is 0 Å². The smallest absolute Gasteiger partial charge is 0.330 e. The van der Waals surface area contributed by atoms with Gasteiger partial charge in [-0.05, 0) is 13.3 Å². The van der Waals surface area contributed by atoms with E-state index in [0.717, 1.165) is 0 Å². The molecular weight excluding hydrogens is 283 g/mol. The number of nitrogens with one attached hydrogen (secondary N) is 1. The van der Waals surface area contributed by atoms with Gasteiger partial charge < -0.3 is 14.6 Å². The van der Waals surface area contributed by atoms with Gasteiger partial charge in [-0.2, -0.15) is 0 Å². The fourth-order valence-corrected chi connectivity index (χ4v) is 2.30. The van der Waals surface area contributed by atoms with Gasteiger partial charge in [0.1, 0.15) is 12.3 Å². The van der Waals surface area contributed by atoms with Gasteiger partial charge >= 0.3 is 5.69 Å². The molecule has 118 valence electrons. The number of alkyl halides is 1. The lowest BCUT2D eigenvalue weighted by Gasteiger charge is -2.16. The number of nitrogens with zero attached hydrogens (tertiary/aromatic N) is 1. The summed E-state index contributed by atoms with van der Waals surface area (Å²) in [6, 6.07) is 0. The van der Waals surface area contributed by atoms with E-state index in [9.17, 15) is 19.1 Å². The minimum absolute atomic E-state index is 0.229. The molecule has 0 radical (unpaired) electrons. The highest BCUT2D eigenvalue weighted by Crippen LogP contribution is 2.29. The van der Waals surface area contributed by atoms with Crippen molar-refractivity contribution in [3.8, 4) is 0 Å². The van der Waals surface area contributed by atoms with Crippen molar-refractivity contribution in [3.63, 3.8) is 0 Å². The van der Waals surface area contributed by atoms with Crippen LogP contribution in [-0.4, -0.2) is 46.8 Å². The third-order valence-corrected chi connectivity index (χ3v) is 3.43. The highest BCUT2D eigenvalue weighted by atomic mass is 19.1. The lowest BCUT2D eigenvalue weighted by atomic mass is 10.2. The Labute approximate surface area is 120 Å². The minimum atomic E-state index is -0.624. The first kappa shape index (κ1) is 15.9. The Kier molecular flexibility index (Phi) is 5.27. The molecule has 1 fully saturated rings. The van der Waals surface area contributed by atoms with Crippen molar-refractivity contribution in [1.82, 2.24) is 9.55 Å². The topological polar surface area (TPSA) is 93.6 Å². The summed E-state index contributed by atoms with van der Waals surface area (Å²) in [7, 11) is 0. The molecule has 1 aromatic heterocycles. The average Bonchev–Trinajstić information content (AvgIpc) is 2.86. The fraction of sp³-hybridized carbons (Fsp3) is 0.692. The highest BCUT2D eigenvalue weighted by molar-refractivity contribution is 5.02. The van der Waals surface area contributed by atoms with Crippen molar-refractivity contribution < 1.29 is 19.0 Å². The number of H-pyrrole nitrogens is 1. The number of halogens is 1.